The molecule has 2 fully saturated rings. The first kappa shape index (κ1) is 23.2. The van der Waals surface area contributed by atoms with Crippen LogP contribution in [-0.4, -0.2) is 83.3 Å². The van der Waals surface area contributed by atoms with Crippen molar-refractivity contribution in [3.8, 4) is 0 Å². The average molecular weight is 466 g/mol. The lowest BCUT2D eigenvalue weighted by Crippen LogP contribution is -2.57. The fourth-order valence-electron chi connectivity index (χ4n) is 4.64. The zero-order valence-corrected chi connectivity index (χ0v) is 19.2. The molecule has 0 bridgehead atoms. The number of carbonyl (C=O) groups excluding carboxylic acids is 3. The minimum atomic E-state index is -0.854. The van der Waals surface area contributed by atoms with Crippen LogP contribution in [0.2, 0.25) is 0 Å². The van der Waals surface area contributed by atoms with Crippen LogP contribution in [0.15, 0.2) is 54.6 Å². The average Bonchev–Trinajstić information content (AvgIpc) is 3.10. The predicted octanol–water partition coefficient (Wildman–Crippen LogP) is 1.96. The molecule has 34 heavy (non-hydrogen) atoms. The number of carbonyl (C=O) groups is 3. The molecule has 0 unspecified atom stereocenters. The first-order valence-electron chi connectivity index (χ1n) is 11.1. The fourth-order valence-corrected chi connectivity index (χ4v) is 4.64. The third kappa shape index (κ3) is 4.18. The van der Waals surface area contributed by atoms with Gasteiger partial charge < -0.3 is 19.6 Å². The molecule has 2 saturated heterocycles. The zero-order valence-electron chi connectivity index (χ0n) is 19.2. The van der Waals surface area contributed by atoms with Gasteiger partial charge in [0.15, 0.2) is 0 Å². The monoisotopic (exact) mass is 465 g/mol. The number of hydrogen-bond donors (Lipinski definition) is 0. The Labute approximate surface area is 197 Å². The molecule has 2 aromatic carbocycles. The van der Waals surface area contributed by atoms with Crippen molar-refractivity contribution in [3.05, 3.63) is 70.3 Å². The quantitative estimate of drug-likeness (QED) is 0.494. The highest BCUT2D eigenvalue weighted by atomic mass is 16.6. The van der Waals surface area contributed by atoms with Gasteiger partial charge >= 0.3 is 0 Å². The summed E-state index contributed by atoms with van der Waals surface area (Å²) < 4.78 is 0. The van der Waals surface area contributed by atoms with Gasteiger partial charge in [-0.05, 0) is 31.0 Å². The Bertz CT molecular complexity index is 1110. The minimum Gasteiger partial charge on any atom is -0.347 e. The SMILES string of the molecule is CN(C)C(=O)CN1CN(c2ccccc2)C2(CCN(C(=O)c3cccc([N+](=O)[O-])c3)CC2)C1=O. The smallest absolute Gasteiger partial charge is 0.270 e. The predicted molar refractivity (Wildman–Crippen MR) is 125 cm³/mol. The first-order chi connectivity index (χ1) is 16.2. The largest absolute Gasteiger partial charge is 0.347 e. The van der Waals surface area contributed by atoms with E-state index in [1.807, 2.05) is 35.2 Å². The van der Waals surface area contributed by atoms with E-state index in [0.29, 0.717) is 32.6 Å². The number of likely N-dealkylation sites (N-methyl/N-ethyl adjacent to an activating group) is 1. The second-order valence-corrected chi connectivity index (χ2v) is 8.83. The summed E-state index contributed by atoms with van der Waals surface area (Å²) in [6, 6.07) is 15.3. The van der Waals surface area contributed by atoms with Crippen LogP contribution in [0.4, 0.5) is 11.4 Å². The fraction of sp³-hybridized carbons (Fsp3) is 0.375. The molecule has 10 heteroatoms. The minimum absolute atomic E-state index is 0.00670. The van der Waals surface area contributed by atoms with Crippen molar-refractivity contribution >= 4 is 29.1 Å². The topological polar surface area (TPSA) is 107 Å². The number of para-hydroxylation sites is 1. The van der Waals surface area contributed by atoms with Crippen molar-refractivity contribution in [2.24, 2.45) is 0 Å². The number of nitro benzene ring substituents is 1. The summed E-state index contributed by atoms with van der Waals surface area (Å²) in [5.41, 5.74) is 0.143. The highest BCUT2D eigenvalue weighted by Gasteiger charge is 2.54. The number of amides is 3. The van der Waals surface area contributed by atoms with Gasteiger partial charge in [-0.3, -0.25) is 24.5 Å². The summed E-state index contributed by atoms with van der Waals surface area (Å²) in [7, 11) is 3.32. The Balaban J connectivity index is 1.56. The van der Waals surface area contributed by atoms with E-state index in [4.69, 9.17) is 0 Å². The highest BCUT2D eigenvalue weighted by molar-refractivity contribution is 5.98. The maximum Gasteiger partial charge on any atom is 0.270 e. The third-order valence-corrected chi connectivity index (χ3v) is 6.59. The van der Waals surface area contributed by atoms with E-state index in [0.717, 1.165) is 5.69 Å². The van der Waals surface area contributed by atoms with Gasteiger partial charge in [0.25, 0.3) is 17.5 Å². The number of nitro groups is 1. The van der Waals surface area contributed by atoms with E-state index in [1.54, 1.807) is 30.0 Å². The van der Waals surface area contributed by atoms with Crippen molar-refractivity contribution < 1.29 is 19.3 Å². The summed E-state index contributed by atoms with van der Waals surface area (Å²) in [6.45, 7) is 0.937. The molecule has 2 aromatic rings. The molecule has 0 atom stereocenters. The number of benzene rings is 2. The molecule has 0 aromatic heterocycles. The molecule has 0 saturated carbocycles. The number of anilines is 1. The number of rotatable bonds is 5. The van der Waals surface area contributed by atoms with Crippen LogP contribution in [0.3, 0.4) is 0 Å². The molecule has 2 heterocycles. The van der Waals surface area contributed by atoms with E-state index in [1.165, 1.54) is 23.1 Å². The van der Waals surface area contributed by atoms with Crippen LogP contribution in [0, 0.1) is 10.1 Å². The number of non-ortho nitro benzene ring substituents is 1. The van der Waals surface area contributed by atoms with Crippen LogP contribution >= 0.6 is 0 Å². The van der Waals surface area contributed by atoms with E-state index in [-0.39, 0.29) is 35.5 Å². The summed E-state index contributed by atoms with van der Waals surface area (Å²) in [5.74, 6) is -0.569. The van der Waals surface area contributed by atoms with Gasteiger partial charge in [0, 0.05) is 50.6 Å². The summed E-state index contributed by atoms with van der Waals surface area (Å²) >= 11 is 0. The lowest BCUT2D eigenvalue weighted by molar-refractivity contribution is -0.384. The van der Waals surface area contributed by atoms with Gasteiger partial charge in [0.2, 0.25) is 5.91 Å². The summed E-state index contributed by atoms with van der Waals surface area (Å²) in [4.78, 5) is 56.3. The Morgan fingerprint density at radius 2 is 1.74 bits per heavy atom. The van der Waals surface area contributed by atoms with Crippen LogP contribution in [0.1, 0.15) is 23.2 Å². The van der Waals surface area contributed by atoms with E-state index >= 15 is 0 Å². The Morgan fingerprint density at radius 3 is 2.35 bits per heavy atom. The molecule has 1 spiro atoms. The molecule has 4 rings (SSSR count). The summed E-state index contributed by atoms with van der Waals surface area (Å²) in [5, 5.41) is 11.1. The number of hydrogen-bond acceptors (Lipinski definition) is 6. The molecule has 0 N–H and O–H groups in total. The van der Waals surface area contributed by atoms with Gasteiger partial charge in [-0.15, -0.1) is 0 Å². The van der Waals surface area contributed by atoms with Crippen LogP contribution in [-0.2, 0) is 9.59 Å². The number of piperidine rings is 1. The molecule has 2 aliphatic heterocycles. The second kappa shape index (κ2) is 9.12. The molecule has 2 aliphatic rings. The first-order valence-corrected chi connectivity index (χ1v) is 11.1. The van der Waals surface area contributed by atoms with E-state index < -0.39 is 10.5 Å². The van der Waals surface area contributed by atoms with Crippen molar-refractivity contribution in [3.63, 3.8) is 0 Å². The molecule has 178 valence electrons. The Kier molecular flexibility index (Phi) is 6.23. The lowest BCUT2D eigenvalue weighted by atomic mass is 9.85. The lowest BCUT2D eigenvalue weighted by Gasteiger charge is -2.43. The molecular formula is C24H27N5O5. The molecular weight excluding hydrogens is 438 g/mol. The van der Waals surface area contributed by atoms with Crippen LogP contribution in [0.25, 0.3) is 0 Å². The van der Waals surface area contributed by atoms with E-state index in [9.17, 15) is 24.5 Å². The van der Waals surface area contributed by atoms with Crippen molar-refractivity contribution in [1.82, 2.24) is 14.7 Å². The van der Waals surface area contributed by atoms with Crippen LogP contribution in [0.5, 0.6) is 0 Å². The van der Waals surface area contributed by atoms with Gasteiger partial charge in [0.1, 0.15) is 12.1 Å². The molecule has 3 amide bonds. The maximum atomic E-state index is 13.6. The van der Waals surface area contributed by atoms with Crippen molar-refractivity contribution in [2.75, 3.05) is 45.3 Å². The molecule has 0 aliphatic carbocycles. The second-order valence-electron chi connectivity index (χ2n) is 8.83. The van der Waals surface area contributed by atoms with Gasteiger partial charge in [-0.2, -0.15) is 0 Å². The molecule has 10 nitrogen and oxygen atoms in total. The maximum absolute atomic E-state index is 13.6. The number of likely N-dealkylation sites (tertiary alicyclic amines) is 1. The third-order valence-electron chi connectivity index (χ3n) is 6.59. The highest BCUT2D eigenvalue weighted by Crippen LogP contribution is 2.39. The van der Waals surface area contributed by atoms with Gasteiger partial charge in [-0.1, -0.05) is 24.3 Å². The standard InChI is InChI=1S/C24H27N5O5/c1-25(2)21(30)16-27-17-28(19-8-4-3-5-9-19)24(23(27)32)11-13-26(14-12-24)22(31)18-7-6-10-20(15-18)29(33)34/h3-10,15H,11-14,16-17H2,1-2H3. The zero-order chi connectivity index (χ0) is 24.5. The van der Waals surface area contributed by atoms with Crippen molar-refractivity contribution in [2.45, 2.75) is 18.4 Å². The summed E-state index contributed by atoms with van der Waals surface area (Å²) in [6.07, 6.45) is 0.794. The Hall–Kier alpha value is -3.95. The van der Waals surface area contributed by atoms with Crippen LogP contribution < -0.4 is 4.90 Å². The van der Waals surface area contributed by atoms with Crippen molar-refractivity contribution in [1.29, 1.82) is 0 Å². The van der Waals surface area contributed by atoms with Gasteiger partial charge in [-0.25, -0.2) is 0 Å². The Morgan fingerprint density at radius 1 is 1.06 bits per heavy atom. The molecule has 0 radical (unpaired) electrons. The van der Waals surface area contributed by atoms with Gasteiger partial charge in [0.05, 0.1) is 11.6 Å². The number of nitrogens with zero attached hydrogens (tertiary/aromatic N) is 5. The normalized spacial score (nSPS) is 17.2. The van der Waals surface area contributed by atoms with E-state index in [2.05, 4.69) is 0 Å².